The number of carbonyl (C=O) groups is 1. The molecule has 2 heterocycles. The van der Waals surface area contributed by atoms with Crippen LogP contribution in [0, 0.1) is 0 Å². The van der Waals surface area contributed by atoms with Crippen molar-refractivity contribution in [2.24, 2.45) is 5.73 Å². The lowest BCUT2D eigenvalue weighted by atomic mass is 10.2. The minimum absolute atomic E-state index is 0.397. The monoisotopic (exact) mass is 288 g/mol. The van der Waals surface area contributed by atoms with E-state index in [1.54, 1.807) is 23.6 Å². The number of thiophene rings is 1. The average molecular weight is 288 g/mol. The second-order valence-electron chi connectivity index (χ2n) is 4.94. The quantitative estimate of drug-likeness (QED) is 0.881. The standard InChI is InChI=1S/C14H16N4OS/c15-9-6-12(13(16)19)14(17-7-9)18(10-3-4-10)8-11-2-1-5-20-11/h1-2,5-7,10H,3-4,8,15H2,(H2,16,19). The third-order valence-corrected chi connectivity index (χ3v) is 4.18. The van der Waals surface area contributed by atoms with E-state index in [0.29, 0.717) is 23.1 Å². The number of nitrogen functional groups attached to an aromatic ring is 1. The number of nitrogens with zero attached hydrogens (tertiary/aromatic N) is 2. The number of hydrogen-bond donors (Lipinski definition) is 2. The Kier molecular flexibility index (Phi) is 3.31. The molecule has 0 unspecified atom stereocenters. The van der Waals surface area contributed by atoms with Crippen molar-refractivity contribution >= 4 is 28.7 Å². The predicted molar refractivity (Wildman–Crippen MR) is 80.7 cm³/mol. The van der Waals surface area contributed by atoms with Crippen LogP contribution < -0.4 is 16.4 Å². The molecular weight excluding hydrogens is 272 g/mol. The average Bonchev–Trinajstić information content (AvgIpc) is 3.13. The van der Waals surface area contributed by atoms with E-state index >= 15 is 0 Å². The number of carbonyl (C=O) groups excluding carboxylic acids is 1. The maximum absolute atomic E-state index is 11.6. The molecule has 6 heteroatoms. The van der Waals surface area contributed by atoms with Gasteiger partial charge in [-0.15, -0.1) is 11.3 Å². The van der Waals surface area contributed by atoms with Crippen molar-refractivity contribution in [3.63, 3.8) is 0 Å². The summed E-state index contributed by atoms with van der Waals surface area (Å²) in [5.74, 6) is 0.152. The van der Waals surface area contributed by atoms with Crippen LogP contribution in [0.4, 0.5) is 11.5 Å². The van der Waals surface area contributed by atoms with Crippen molar-refractivity contribution in [1.29, 1.82) is 0 Å². The van der Waals surface area contributed by atoms with E-state index in [0.717, 1.165) is 19.4 Å². The molecule has 3 rings (SSSR count). The molecule has 0 bridgehead atoms. The Bertz CT molecular complexity index is 622. The third-order valence-electron chi connectivity index (χ3n) is 3.32. The predicted octanol–water partition coefficient (Wildman–Crippen LogP) is 1.99. The van der Waals surface area contributed by atoms with E-state index < -0.39 is 5.91 Å². The van der Waals surface area contributed by atoms with Gasteiger partial charge >= 0.3 is 0 Å². The van der Waals surface area contributed by atoms with Gasteiger partial charge in [0.1, 0.15) is 5.82 Å². The minimum Gasteiger partial charge on any atom is -0.397 e. The Morgan fingerprint density at radius 3 is 2.90 bits per heavy atom. The highest BCUT2D eigenvalue weighted by Crippen LogP contribution is 2.34. The summed E-state index contributed by atoms with van der Waals surface area (Å²) in [5.41, 5.74) is 12.0. The van der Waals surface area contributed by atoms with E-state index in [1.807, 2.05) is 11.4 Å². The summed E-state index contributed by atoms with van der Waals surface area (Å²) < 4.78 is 0. The number of amides is 1. The summed E-state index contributed by atoms with van der Waals surface area (Å²) >= 11 is 1.70. The Labute approximate surface area is 121 Å². The molecule has 1 aliphatic carbocycles. The molecule has 0 aromatic carbocycles. The van der Waals surface area contributed by atoms with Crippen molar-refractivity contribution in [3.8, 4) is 0 Å². The number of primary amides is 1. The summed E-state index contributed by atoms with van der Waals surface area (Å²) in [5, 5.41) is 2.05. The summed E-state index contributed by atoms with van der Waals surface area (Å²) in [7, 11) is 0. The van der Waals surface area contributed by atoms with Gasteiger partial charge in [0.05, 0.1) is 24.0 Å². The summed E-state index contributed by atoms with van der Waals surface area (Å²) in [4.78, 5) is 19.4. The fraction of sp³-hybridized carbons (Fsp3) is 0.286. The Morgan fingerprint density at radius 1 is 1.50 bits per heavy atom. The van der Waals surface area contributed by atoms with Crippen LogP contribution in [-0.2, 0) is 6.54 Å². The molecule has 1 saturated carbocycles. The van der Waals surface area contributed by atoms with Gasteiger partial charge in [-0.05, 0) is 30.4 Å². The van der Waals surface area contributed by atoms with Crippen molar-refractivity contribution in [1.82, 2.24) is 4.98 Å². The van der Waals surface area contributed by atoms with Crippen LogP contribution in [-0.4, -0.2) is 16.9 Å². The highest BCUT2D eigenvalue weighted by Gasteiger charge is 2.32. The van der Waals surface area contributed by atoms with Crippen LogP contribution in [0.25, 0.3) is 0 Å². The first-order chi connectivity index (χ1) is 9.65. The number of hydrogen-bond acceptors (Lipinski definition) is 5. The van der Waals surface area contributed by atoms with Gasteiger partial charge in [-0.25, -0.2) is 4.98 Å². The maximum Gasteiger partial charge on any atom is 0.252 e. The molecule has 4 N–H and O–H groups in total. The minimum atomic E-state index is -0.489. The van der Waals surface area contributed by atoms with Gasteiger partial charge in [-0.1, -0.05) is 6.07 Å². The SMILES string of the molecule is NC(=O)c1cc(N)cnc1N(Cc1cccs1)C1CC1. The summed E-state index contributed by atoms with van der Waals surface area (Å²) in [6.07, 6.45) is 3.82. The smallest absolute Gasteiger partial charge is 0.252 e. The van der Waals surface area contributed by atoms with Crippen LogP contribution >= 0.6 is 11.3 Å². The van der Waals surface area contributed by atoms with Gasteiger partial charge in [0.15, 0.2) is 0 Å². The zero-order chi connectivity index (χ0) is 14.1. The molecule has 0 saturated heterocycles. The van der Waals surface area contributed by atoms with Crippen molar-refractivity contribution in [3.05, 3.63) is 40.2 Å². The van der Waals surface area contributed by atoms with Crippen molar-refractivity contribution in [2.45, 2.75) is 25.4 Å². The first-order valence-corrected chi connectivity index (χ1v) is 7.37. The summed E-state index contributed by atoms with van der Waals surface area (Å²) in [6, 6.07) is 6.15. The molecule has 0 spiro atoms. The lowest BCUT2D eigenvalue weighted by molar-refractivity contribution is 0.100. The fourth-order valence-electron chi connectivity index (χ4n) is 2.22. The molecule has 1 amide bonds. The zero-order valence-corrected chi connectivity index (χ0v) is 11.8. The largest absolute Gasteiger partial charge is 0.397 e. The first-order valence-electron chi connectivity index (χ1n) is 6.49. The normalized spacial score (nSPS) is 14.2. The number of pyridine rings is 1. The fourth-order valence-corrected chi connectivity index (χ4v) is 2.92. The number of anilines is 2. The van der Waals surface area contributed by atoms with Gasteiger partial charge in [-0.2, -0.15) is 0 Å². The highest BCUT2D eigenvalue weighted by atomic mass is 32.1. The molecule has 1 fully saturated rings. The molecule has 5 nitrogen and oxygen atoms in total. The zero-order valence-electron chi connectivity index (χ0n) is 11.0. The van der Waals surface area contributed by atoms with E-state index in [1.165, 1.54) is 4.88 Å². The van der Waals surface area contributed by atoms with Crippen LogP contribution in [0.15, 0.2) is 29.8 Å². The molecule has 1 aliphatic rings. The van der Waals surface area contributed by atoms with Gasteiger partial charge in [-0.3, -0.25) is 4.79 Å². The lowest BCUT2D eigenvalue weighted by Crippen LogP contribution is -2.29. The second-order valence-corrected chi connectivity index (χ2v) is 5.97. The van der Waals surface area contributed by atoms with Gasteiger partial charge in [0.25, 0.3) is 5.91 Å². The van der Waals surface area contributed by atoms with Gasteiger partial charge in [0.2, 0.25) is 0 Å². The van der Waals surface area contributed by atoms with Crippen LogP contribution in [0.2, 0.25) is 0 Å². The molecule has 2 aromatic rings. The number of aromatic nitrogens is 1. The van der Waals surface area contributed by atoms with Gasteiger partial charge < -0.3 is 16.4 Å². The topological polar surface area (TPSA) is 85.2 Å². The number of rotatable bonds is 5. The Morgan fingerprint density at radius 2 is 2.30 bits per heavy atom. The second kappa shape index (κ2) is 5.13. The molecular formula is C14H16N4OS. The summed E-state index contributed by atoms with van der Waals surface area (Å²) in [6.45, 7) is 0.750. The molecule has 104 valence electrons. The van der Waals surface area contributed by atoms with E-state index in [-0.39, 0.29) is 0 Å². The van der Waals surface area contributed by atoms with Gasteiger partial charge in [0, 0.05) is 10.9 Å². The molecule has 2 aromatic heterocycles. The Hall–Kier alpha value is -2.08. The molecule has 0 aliphatic heterocycles. The van der Waals surface area contributed by atoms with Crippen LogP contribution in [0.3, 0.4) is 0 Å². The molecule has 0 atom stereocenters. The first kappa shape index (κ1) is 12.9. The Balaban J connectivity index is 1.97. The highest BCUT2D eigenvalue weighted by molar-refractivity contribution is 7.09. The van der Waals surface area contributed by atoms with Crippen LogP contribution in [0.5, 0.6) is 0 Å². The number of nitrogens with two attached hydrogens (primary N) is 2. The lowest BCUT2D eigenvalue weighted by Gasteiger charge is -2.24. The van der Waals surface area contributed by atoms with E-state index in [2.05, 4.69) is 16.0 Å². The van der Waals surface area contributed by atoms with E-state index in [9.17, 15) is 4.79 Å². The van der Waals surface area contributed by atoms with Crippen molar-refractivity contribution < 1.29 is 4.79 Å². The van der Waals surface area contributed by atoms with Crippen LogP contribution in [0.1, 0.15) is 28.1 Å². The van der Waals surface area contributed by atoms with E-state index in [4.69, 9.17) is 11.5 Å². The maximum atomic E-state index is 11.6. The molecule has 20 heavy (non-hydrogen) atoms. The van der Waals surface area contributed by atoms with Crippen molar-refractivity contribution in [2.75, 3.05) is 10.6 Å². The third kappa shape index (κ3) is 2.60. The molecule has 0 radical (unpaired) electrons.